The van der Waals surface area contributed by atoms with Crippen LogP contribution in [-0.4, -0.2) is 43.2 Å². The largest absolute Gasteiger partial charge is 0.466 e. The van der Waals surface area contributed by atoms with Crippen molar-refractivity contribution in [3.8, 4) is 17.1 Å². The maximum absolute atomic E-state index is 14.0. The Morgan fingerprint density at radius 3 is 2.67 bits per heavy atom. The maximum Gasteiger partial charge on any atom is 0.422 e. The van der Waals surface area contributed by atoms with Crippen molar-refractivity contribution < 1.29 is 26.7 Å². The number of pyridine rings is 1. The monoisotopic (exact) mass is 385 g/mol. The zero-order chi connectivity index (χ0) is 19.4. The van der Waals surface area contributed by atoms with Crippen molar-refractivity contribution in [2.24, 2.45) is 0 Å². The standard InChI is InChI=1S/C16H12F5N5O/c1-15(18)5-9(15)13-24-23-12-3-2-11(25-26(12)13)8-4-10(17)14(22-6-8)27-7-16(19,20)21/h2-4,6,9H,5,7H2,1H3/t9-,15?/m0/s1. The van der Waals surface area contributed by atoms with Crippen LogP contribution in [-0.2, 0) is 0 Å². The predicted octanol–water partition coefficient (Wildman–Crippen LogP) is 3.48. The van der Waals surface area contributed by atoms with Gasteiger partial charge in [-0.3, -0.25) is 0 Å². The van der Waals surface area contributed by atoms with Crippen molar-refractivity contribution in [3.63, 3.8) is 0 Å². The Labute approximate surface area is 149 Å². The van der Waals surface area contributed by atoms with Crippen molar-refractivity contribution in [2.45, 2.75) is 31.1 Å². The van der Waals surface area contributed by atoms with Gasteiger partial charge in [-0.25, -0.2) is 13.8 Å². The molecule has 3 aromatic heterocycles. The molecule has 1 aliphatic rings. The van der Waals surface area contributed by atoms with Gasteiger partial charge in [0.05, 0.1) is 11.6 Å². The van der Waals surface area contributed by atoms with E-state index < -0.39 is 36.1 Å². The van der Waals surface area contributed by atoms with Crippen molar-refractivity contribution in [1.29, 1.82) is 0 Å². The smallest absolute Gasteiger partial charge is 0.422 e. The molecular formula is C16H12F5N5O. The van der Waals surface area contributed by atoms with E-state index >= 15 is 0 Å². The van der Waals surface area contributed by atoms with E-state index in [1.54, 1.807) is 6.07 Å². The fourth-order valence-electron chi connectivity index (χ4n) is 2.70. The van der Waals surface area contributed by atoms with Crippen molar-refractivity contribution in [2.75, 3.05) is 6.61 Å². The van der Waals surface area contributed by atoms with E-state index in [1.165, 1.54) is 17.5 Å². The molecule has 0 N–H and O–H groups in total. The molecule has 3 aromatic rings. The van der Waals surface area contributed by atoms with Gasteiger partial charge in [0.1, 0.15) is 5.67 Å². The van der Waals surface area contributed by atoms with E-state index in [-0.39, 0.29) is 11.3 Å². The first-order chi connectivity index (χ1) is 12.6. The lowest BCUT2D eigenvalue weighted by Crippen LogP contribution is -2.20. The molecule has 3 heterocycles. The van der Waals surface area contributed by atoms with E-state index in [2.05, 4.69) is 25.0 Å². The third-order valence-electron chi connectivity index (χ3n) is 4.24. The molecule has 0 amide bonds. The first-order valence-corrected chi connectivity index (χ1v) is 7.91. The van der Waals surface area contributed by atoms with Crippen LogP contribution >= 0.6 is 0 Å². The number of ether oxygens (including phenoxy) is 1. The average Bonchev–Trinajstić information content (AvgIpc) is 3.02. The maximum atomic E-state index is 14.0. The van der Waals surface area contributed by atoms with Crippen LogP contribution in [0.25, 0.3) is 16.9 Å². The zero-order valence-electron chi connectivity index (χ0n) is 13.8. The predicted molar refractivity (Wildman–Crippen MR) is 82.4 cm³/mol. The molecule has 6 nitrogen and oxygen atoms in total. The Kier molecular flexibility index (Phi) is 3.79. The van der Waals surface area contributed by atoms with Gasteiger partial charge >= 0.3 is 6.18 Å². The molecule has 0 radical (unpaired) electrons. The lowest BCUT2D eigenvalue weighted by Gasteiger charge is -2.09. The fourth-order valence-corrected chi connectivity index (χ4v) is 2.70. The minimum Gasteiger partial charge on any atom is -0.466 e. The Hall–Kier alpha value is -2.85. The second-order valence-electron chi connectivity index (χ2n) is 6.50. The third-order valence-corrected chi connectivity index (χ3v) is 4.24. The summed E-state index contributed by atoms with van der Waals surface area (Å²) in [6, 6.07) is 4.07. The summed E-state index contributed by atoms with van der Waals surface area (Å²) in [4.78, 5) is 3.58. The highest BCUT2D eigenvalue weighted by Crippen LogP contribution is 2.53. The zero-order valence-corrected chi connectivity index (χ0v) is 13.8. The molecule has 0 aliphatic heterocycles. The number of halogens is 5. The number of rotatable bonds is 4. The van der Waals surface area contributed by atoms with E-state index in [4.69, 9.17) is 0 Å². The van der Waals surface area contributed by atoms with Gasteiger partial charge in [0.2, 0.25) is 0 Å². The van der Waals surface area contributed by atoms with Gasteiger partial charge in [-0.15, -0.1) is 10.2 Å². The summed E-state index contributed by atoms with van der Waals surface area (Å²) in [5.74, 6) is -1.88. The lowest BCUT2D eigenvalue weighted by atomic mass is 10.2. The molecule has 1 aliphatic carbocycles. The molecule has 0 bridgehead atoms. The molecule has 1 fully saturated rings. The van der Waals surface area contributed by atoms with E-state index in [0.717, 1.165) is 12.3 Å². The summed E-state index contributed by atoms with van der Waals surface area (Å²) in [5, 5.41) is 12.2. The second-order valence-corrected chi connectivity index (χ2v) is 6.50. The molecule has 1 unspecified atom stereocenters. The van der Waals surface area contributed by atoms with E-state index in [9.17, 15) is 22.0 Å². The van der Waals surface area contributed by atoms with E-state index in [0.29, 0.717) is 17.9 Å². The molecule has 4 rings (SSSR count). The van der Waals surface area contributed by atoms with Crippen LogP contribution in [0.5, 0.6) is 5.88 Å². The van der Waals surface area contributed by atoms with Gasteiger partial charge in [0.25, 0.3) is 5.88 Å². The fraction of sp³-hybridized carbons (Fsp3) is 0.375. The topological polar surface area (TPSA) is 65.2 Å². The molecule has 27 heavy (non-hydrogen) atoms. The van der Waals surface area contributed by atoms with Crippen molar-refractivity contribution in [1.82, 2.24) is 24.8 Å². The van der Waals surface area contributed by atoms with Crippen molar-refractivity contribution in [3.05, 3.63) is 36.0 Å². The number of fused-ring (bicyclic) bond motifs is 1. The summed E-state index contributed by atoms with van der Waals surface area (Å²) < 4.78 is 70.2. The highest BCUT2D eigenvalue weighted by Gasteiger charge is 2.54. The highest BCUT2D eigenvalue weighted by molar-refractivity contribution is 5.60. The van der Waals surface area contributed by atoms with Gasteiger partial charge in [0.15, 0.2) is 23.9 Å². The number of hydrogen-bond donors (Lipinski definition) is 0. The first kappa shape index (κ1) is 17.6. The Morgan fingerprint density at radius 2 is 2.04 bits per heavy atom. The third kappa shape index (κ3) is 3.40. The molecule has 1 saturated carbocycles. The molecule has 0 aromatic carbocycles. The van der Waals surface area contributed by atoms with E-state index in [1.807, 2.05) is 0 Å². The van der Waals surface area contributed by atoms with Gasteiger partial charge in [-0.1, -0.05) is 0 Å². The van der Waals surface area contributed by atoms with Gasteiger partial charge < -0.3 is 4.74 Å². The average molecular weight is 385 g/mol. The number of alkyl halides is 4. The molecule has 0 spiro atoms. The quantitative estimate of drug-likeness (QED) is 0.644. The minimum absolute atomic E-state index is 0.215. The van der Waals surface area contributed by atoms with Crippen LogP contribution in [0.4, 0.5) is 22.0 Å². The molecule has 0 saturated heterocycles. The van der Waals surface area contributed by atoms with Crippen LogP contribution in [0, 0.1) is 5.82 Å². The van der Waals surface area contributed by atoms with Crippen LogP contribution < -0.4 is 4.74 Å². The lowest BCUT2D eigenvalue weighted by molar-refractivity contribution is -0.154. The highest BCUT2D eigenvalue weighted by atomic mass is 19.4. The van der Waals surface area contributed by atoms with Crippen molar-refractivity contribution >= 4 is 5.65 Å². The van der Waals surface area contributed by atoms with Gasteiger partial charge in [-0.2, -0.15) is 22.8 Å². The molecule has 2 atom stereocenters. The first-order valence-electron chi connectivity index (χ1n) is 7.91. The Morgan fingerprint density at radius 1 is 1.30 bits per heavy atom. The van der Waals surface area contributed by atoms with Crippen LogP contribution in [0.2, 0.25) is 0 Å². The number of hydrogen-bond acceptors (Lipinski definition) is 5. The summed E-state index contributed by atoms with van der Waals surface area (Å²) in [7, 11) is 0. The molecule has 142 valence electrons. The normalized spacial score (nSPS) is 22.2. The van der Waals surface area contributed by atoms with Crippen LogP contribution in [0.15, 0.2) is 24.4 Å². The number of nitrogens with zero attached hydrogens (tertiary/aromatic N) is 5. The summed E-state index contributed by atoms with van der Waals surface area (Å²) in [6.07, 6.45) is -3.15. The number of aromatic nitrogens is 5. The Bertz CT molecular complexity index is 1020. The van der Waals surface area contributed by atoms with Gasteiger partial charge in [0, 0.05) is 11.8 Å². The second kappa shape index (κ2) is 5.83. The summed E-state index contributed by atoms with van der Waals surface area (Å²) >= 11 is 0. The molecular weight excluding hydrogens is 373 g/mol. The summed E-state index contributed by atoms with van der Waals surface area (Å²) in [6.45, 7) is -0.185. The Balaban J connectivity index is 1.64. The van der Waals surface area contributed by atoms with Crippen LogP contribution in [0.1, 0.15) is 25.1 Å². The van der Waals surface area contributed by atoms with Crippen LogP contribution in [0.3, 0.4) is 0 Å². The summed E-state index contributed by atoms with van der Waals surface area (Å²) in [5.41, 5.74) is -0.480. The van der Waals surface area contributed by atoms with Gasteiger partial charge in [-0.05, 0) is 31.5 Å². The molecule has 11 heteroatoms. The SMILES string of the molecule is CC1(F)C[C@H]1c1nnc2ccc(-c3cnc(OCC(F)(F)F)c(F)c3)nn12. The minimum atomic E-state index is -4.60.